The van der Waals surface area contributed by atoms with E-state index in [4.69, 9.17) is 0 Å². The minimum Gasteiger partial charge on any atom is -0.346 e. The summed E-state index contributed by atoms with van der Waals surface area (Å²) in [5.74, 6) is -1.31. The van der Waals surface area contributed by atoms with E-state index in [9.17, 15) is 18.8 Å². The van der Waals surface area contributed by atoms with Gasteiger partial charge in [-0.25, -0.2) is 4.39 Å². The van der Waals surface area contributed by atoms with Gasteiger partial charge in [0.05, 0.1) is 22.2 Å². The van der Waals surface area contributed by atoms with Gasteiger partial charge in [0, 0.05) is 12.1 Å². The fourth-order valence-corrected chi connectivity index (χ4v) is 4.82. The number of hydrogen-bond donors (Lipinski definition) is 2. The molecule has 31 heavy (non-hydrogen) atoms. The van der Waals surface area contributed by atoms with E-state index in [1.165, 1.54) is 22.3 Å². The van der Waals surface area contributed by atoms with E-state index in [2.05, 4.69) is 10.6 Å². The van der Waals surface area contributed by atoms with E-state index in [-0.39, 0.29) is 23.5 Å². The zero-order chi connectivity index (χ0) is 21.5. The van der Waals surface area contributed by atoms with E-state index in [0.717, 1.165) is 0 Å². The monoisotopic (exact) mass is 435 g/mol. The van der Waals surface area contributed by atoms with Crippen molar-refractivity contribution in [2.45, 2.75) is 18.5 Å². The molecule has 2 aliphatic heterocycles. The van der Waals surface area contributed by atoms with Crippen molar-refractivity contribution in [3.63, 3.8) is 0 Å². The molecule has 3 amide bonds. The molecule has 2 aliphatic rings. The molecule has 0 radical (unpaired) electrons. The van der Waals surface area contributed by atoms with Crippen LogP contribution in [-0.4, -0.2) is 41.2 Å². The molecule has 0 spiro atoms. The highest BCUT2D eigenvalue weighted by Gasteiger charge is 2.45. The Morgan fingerprint density at radius 1 is 1.10 bits per heavy atom. The minimum absolute atomic E-state index is 0.259. The lowest BCUT2D eigenvalue weighted by molar-refractivity contribution is -0.120. The first-order valence-corrected chi connectivity index (χ1v) is 10.8. The average Bonchev–Trinajstić information content (AvgIpc) is 3.42. The molecule has 2 aromatic carbocycles. The maximum atomic E-state index is 14.2. The van der Waals surface area contributed by atoms with Crippen molar-refractivity contribution in [1.29, 1.82) is 0 Å². The molecule has 156 valence electrons. The molecule has 6 nitrogen and oxygen atoms in total. The first-order chi connectivity index (χ1) is 15.0. The molecule has 1 saturated heterocycles. The van der Waals surface area contributed by atoms with Gasteiger partial charge >= 0.3 is 0 Å². The van der Waals surface area contributed by atoms with Crippen LogP contribution in [0.2, 0.25) is 0 Å². The molecule has 8 heteroatoms. The molecule has 2 unspecified atom stereocenters. The first-order valence-electron chi connectivity index (χ1n) is 9.88. The van der Waals surface area contributed by atoms with Gasteiger partial charge < -0.3 is 15.5 Å². The molecule has 0 bridgehead atoms. The van der Waals surface area contributed by atoms with Gasteiger partial charge in [-0.05, 0) is 41.6 Å². The summed E-state index contributed by atoms with van der Waals surface area (Å²) in [6.07, 6.45) is 0.475. The summed E-state index contributed by atoms with van der Waals surface area (Å²) in [4.78, 5) is 40.8. The number of carbonyl (C=O) groups is 3. The first kappa shape index (κ1) is 19.4. The lowest BCUT2D eigenvalue weighted by Crippen LogP contribution is -2.51. The quantitative estimate of drug-likeness (QED) is 0.661. The van der Waals surface area contributed by atoms with E-state index < -0.39 is 12.1 Å². The Bertz CT molecular complexity index is 1190. The van der Waals surface area contributed by atoms with E-state index in [1.807, 2.05) is 5.38 Å². The van der Waals surface area contributed by atoms with Crippen molar-refractivity contribution in [3.8, 4) is 11.1 Å². The van der Waals surface area contributed by atoms with E-state index in [1.54, 1.807) is 48.5 Å². The van der Waals surface area contributed by atoms with Crippen LogP contribution in [0, 0.1) is 5.82 Å². The van der Waals surface area contributed by atoms with Gasteiger partial charge in [-0.1, -0.05) is 30.3 Å². The van der Waals surface area contributed by atoms with Crippen molar-refractivity contribution in [2.75, 3.05) is 11.9 Å². The normalized spacial score (nSPS) is 20.0. The molecule has 2 N–H and O–H groups in total. The van der Waals surface area contributed by atoms with Crippen LogP contribution in [0.15, 0.2) is 60.0 Å². The minimum atomic E-state index is -0.805. The number of halogens is 1. The number of benzene rings is 2. The van der Waals surface area contributed by atoms with Gasteiger partial charge in [-0.15, -0.1) is 11.3 Å². The van der Waals surface area contributed by atoms with Crippen LogP contribution in [0.5, 0.6) is 0 Å². The lowest BCUT2D eigenvalue weighted by atomic mass is 10.0. The number of nitrogens with one attached hydrogen (secondary N) is 2. The topological polar surface area (TPSA) is 78.5 Å². The lowest BCUT2D eigenvalue weighted by Gasteiger charge is -2.24. The zero-order valence-electron chi connectivity index (χ0n) is 16.3. The Morgan fingerprint density at radius 2 is 1.94 bits per heavy atom. The van der Waals surface area contributed by atoms with Crippen LogP contribution in [0.1, 0.15) is 26.5 Å². The largest absolute Gasteiger partial charge is 0.346 e. The highest BCUT2D eigenvalue weighted by atomic mass is 32.1. The fraction of sp³-hybridized carbons (Fsp3) is 0.174. The number of fused-ring (bicyclic) bond motifs is 2. The van der Waals surface area contributed by atoms with Crippen LogP contribution >= 0.6 is 11.3 Å². The van der Waals surface area contributed by atoms with Crippen LogP contribution < -0.4 is 10.6 Å². The van der Waals surface area contributed by atoms with Gasteiger partial charge in [0.2, 0.25) is 5.91 Å². The van der Waals surface area contributed by atoms with Gasteiger partial charge in [-0.2, -0.15) is 0 Å². The van der Waals surface area contributed by atoms with Gasteiger partial charge in [0.1, 0.15) is 11.9 Å². The molecular formula is C23H18FN3O3S. The third-order valence-corrected chi connectivity index (χ3v) is 6.55. The van der Waals surface area contributed by atoms with Crippen LogP contribution in [0.3, 0.4) is 0 Å². The number of thiophene rings is 1. The van der Waals surface area contributed by atoms with Crippen molar-refractivity contribution < 1.29 is 18.8 Å². The molecule has 5 rings (SSSR count). The molecule has 0 aliphatic carbocycles. The molecular weight excluding hydrogens is 417 g/mol. The third kappa shape index (κ3) is 3.38. The summed E-state index contributed by atoms with van der Waals surface area (Å²) < 4.78 is 14.2. The SMILES string of the molecule is O=C(NC1CCN2C(=O)c3cc(-c4ccccc4F)ccc3NC(=O)C12)c1cccs1. The summed E-state index contributed by atoms with van der Waals surface area (Å²) in [5, 5.41) is 7.52. The van der Waals surface area contributed by atoms with Crippen molar-refractivity contribution in [1.82, 2.24) is 10.2 Å². The maximum Gasteiger partial charge on any atom is 0.261 e. The summed E-state index contributed by atoms with van der Waals surface area (Å²) in [5.41, 5.74) is 1.63. The number of anilines is 1. The highest BCUT2D eigenvalue weighted by Crippen LogP contribution is 2.33. The summed E-state index contributed by atoms with van der Waals surface area (Å²) in [7, 11) is 0. The molecule has 0 saturated carbocycles. The smallest absolute Gasteiger partial charge is 0.261 e. The number of amides is 3. The van der Waals surface area contributed by atoms with Gasteiger partial charge in [0.25, 0.3) is 11.8 Å². The Morgan fingerprint density at radius 3 is 2.71 bits per heavy atom. The van der Waals surface area contributed by atoms with Gasteiger partial charge in [0.15, 0.2) is 0 Å². The predicted molar refractivity (Wildman–Crippen MR) is 115 cm³/mol. The second kappa shape index (κ2) is 7.63. The Kier molecular flexibility index (Phi) is 4.78. The maximum absolute atomic E-state index is 14.2. The summed E-state index contributed by atoms with van der Waals surface area (Å²) >= 11 is 1.32. The predicted octanol–water partition coefficient (Wildman–Crippen LogP) is 3.52. The van der Waals surface area contributed by atoms with E-state index >= 15 is 0 Å². The summed E-state index contributed by atoms with van der Waals surface area (Å²) in [6.45, 7) is 0.343. The van der Waals surface area contributed by atoms with Crippen LogP contribution in [0.4, 0.5) is 10.1 Å². The summed E-state index contributed by atoms with van der Waals surface area (Å²) in [6, 6.07) is 13.4. The Labute approximate surface area is 181 Å². The molecule has 1 aromatic heterocycles. The number of rotatable bonds is 3. The fourth-order valence-electron chi connectivity index (χ4n) is 4.20. The molecule has 1 fully saturated rings. The van der Waals surface area contributed by atoms with Crippen molar-refractivity contribution in [2.24, 2.45) is 0 Å². The van der Waals surface area contributed by atoms with Crippen molar-refractivity contribution >= 4 is 34.7 Å². The highest BCUT2D eigenvalue weighted by molar-refractivity contribution is 7.12. The second-order valence-corrected chi connectivity index (χ2v) is 8.47. The third-order valence-electron chi connectivity index (χ3n) is 5.68. The number of carbonyl (C=O) groups excluding carboxylic acids is 3. The molecule has 2 atom stereocenters. The molecule has 3 heterocycles. The Balaban J connectivity index is 1.46. The van der Waals surface area contributed by atoms with Gasteiger partial charge in [-0.3, -0.25) is 14.4 Å². The number of nitrogens with zero attached hydrogens (tertiary/aromatic N) is 1. The number of hydrogen-bond acceptors (Lipinski definition) is 4. The molecule has 3 aromatic rings. The zero-order valence-corrected chi connectivity index (χ0v) is 17.1. The van der Waals surface area contributed by atoms with Crippen LogP contribution in [0.25, 0.3) is 11.1 Å². The average molecular weight is 435 g/mol. The Hall–Kier alpha value is -3.52. The van der Waals surface area contributed by atoms with Crippen LogP contribution in [-0.2, 0) is 4.79 Å². The standard InChI is InChI=1S/C23H18FN3O3S/c24-16-5-2-1-4-14(16)13-7-8-17-15(12-13)23(30)27-10-9-18(20(27)22(29)25-17)26-21(28)19-6-3-11-31-19/h1-8,11-12,18,20H,9-10H2,(H,25,29)(H,26,28). The van der Waals surface area contributed by atoms with Crippen molar-refractivity contribution in [3.05, 3.63) is 76.2 Å². The second-order valence-electron chi connectivity index (χ2n) is 7.52. The van der Waals surface area contributed by atoms with E-state index in [0.29, 0.717) is 40.2 Å².